The second kappa shape index (κ2) is 6.81. The van der Waals surface area contributed by atoms with Crippen molar-refractivity contribution in [1.82, 2.24) is 9.55 Å². The van der Waals surface area contributed by atoms with Crippen LogP contribution in [0.25, 0.3) is 5.13 Å². The first kappa shape index (κ1) is 14.9. The molecule has 0 bridgehead atoms. The molecule has 1 N–H and O–H groups in total. The van der Waals surface area contributed by atoms with Crippen molar-refractivity contribution in [2.75, 3.05) is 11.6 Å². The normalized spacial score (nSPS) is 10.6. The maximum atomic E-state index is 12.1. The lowest BCUT2D eigenvalue weighted by atomic mass is 10.3. The fraction of sp³-hybridized carbons (Fsp3) is 0.125. The molecule has 3 aromatic rings. The molecule has 0 saturated carbocycles. The van der Waals surface area contributed by atoms with Crippen molar-refractivity contribution in [1.29, 1.82) is 0 Å². The van der Waals surface area contributed by atoms with E-state index in [9.17, 15) is 4.79 Å². The maximum absolute atomic E-state index is 12.1. The van der Waals surface area contributed by atoms with Gasteiger partial charge in [-0.15, -0.1) is 23.1 Å². The first-order valence-corrected chi connectivity index (χ1v) is 8.87. The molecule has 0 aliphatic rings. The Labute approximate surface area is 137 Å². The van der Waals surface area contributed by atoms with Gasteiger partial charge in [0, 0.05) is 28.4 Å². The number of benzene rings is 1. The van der Waals surface area contributed by atoms with Crippen molar-refractivity contribution in [2.45, 2.75) is 11.3 Å². The number of thioether (sulfide) groups is 1. The van der Waals surface area contributed by atoms with Crippen molar-refractivity contribution in [3.05, 3.63) is 59.9 Å². The van der Waals surface area contributed by atoms with E-state index in [1.54, 1.807) is 11.8 Å². The van der Waals surface area contributed by atoms with Crippen LogP contribution >= 0.6 is 23.1 Å². The lowest BCUT2D eigenvalue weighted by molar-refractivity contribution is -0.115. The summed E-state index contributed by atoms with van der Waals surface area (Å²) in [7, 11) is 0. The third-order valence-electron chi connectivity index (χ3n) is 3.06. The van der Waals surface area contributed by atoms with Gasteiger partial charge in [-0.25, -0.2) is 4.98 Å². The van der Waals surface area contributed by atoms with Crippen LogP contribution in [0.1, 0.15) is 5.69 Å². The minimum Gasteiger partial charge on any atom is -0.326 e. The molecule has 22 heavy (non-hydrogen) atoms. The van der Waals surface area contributed by atoms with Crippen LogP contribution in [0.2, 0.25) is 0 Å². The highest BCUT2D eigenvalue weighted by Gasteiger charge is 2.09. The second-order valence-electron chi connectivity index (χ2n) is 4.67. The molecule has 0 atom stereocenters. The SMILES string of the molecule is CSc1cccc(NC(=O)Cc2csc(-n3cccc3)n2)c1. The van der Waals surface area contributed by atoms with Crippen LogP contribution in [0.5, 0.6) is 0 Å². The Kier molecular flexibility index (Phi) is 4.60. The molecule has 2 heterocycles. The molecule has 0 saturated heterocycles. The number of aromatic nitrogens is 2. The Hall–Kier alpha value is -2.05. The summed E-state index contributed by atoms with van der Waals surface area (Å²) in [5.74, 6) is -0.0531. The molecule has 3 rings (SSSR count). The van der Waals surface area contributed by atoms with Crippen molar-refractivity contribution in [3.8, 4) is 5.13 Å². The molecule has 2 aromatic heterocycles. The number of hydrogen-bond acceptors (Lipinski definition) is 4. The maximum Gasteiger partial charge on any atom is 0.230 e. The van der Waals surface area contributed by atoms with Gasteiger partial charge in [-0.3, -0.25) is 4.79 Å². The lowest BCUT2D eigenvalue weighted by Gasteiger charge is -2.05. The zero-order valence-electron chi connectivity index (χ0n) is 12.0. The average Bonchev–Trinajstić information content (AvgIpc) is 3.18. The molecule has 4 nitrogen and oxygen atoms in total. The molecule has 0 aliphatic carbocycles. The minimum absolute atomic E-state index is 0.0531. The molecule has 0 unspecified atom stereocenters. The van der Waals surface area contributed by atoms with Gasteiger partial charge >= 0.3 is 0 Å². The monoisotopic (exact) mass is 329 g/mol. The highest BCUT2D eigenvalue weighted by Crippen LogP contribution is 2.20. The third-order valence-corrected chi connectivity index (χ3v) is 4.69. The molecular weight excluding hydrogens is 314 g/mol. The topological polar surface area (TPSA) is 46.9 Å². The van der Waals surface area contributed by atoms with E-state index >= 15 is 0 Å². The van der Waals surface area contributed by atoms with Crippen LogP contribution in [0.3, 0.4) is 0 Å². The van der Waals surface area contributed by atoms with Crippen LogP contribution < -0.4 is 5.32 Å². The molecular formula is C16H15N3OS2. The lowest BCUT2D eigenvalue weighted by Crippen LogP contribution is -2.14. The fourth-order valence-corrected chi connectivity index (χ4v) is 3.28. The van der Waals surface area contributed by atoms with Gasteiger partial charge in [-0.1, -0.05) is 6.07 Å². The van der Waals surface area contributed by atoms with E-state index in [0.717, 1.165) is 21.4 Å². The highest BCUT2D eigenvalue weighted by molar-refractivity contribution is 7.98. The molecule has 6 heteroatoms. The van der Waals surface area contributed by atoms with E-state index in [2.05, 4.69) is 10.3 Å². The Morgan fingerprint density at radius 1 is 1.32 bits per heavy atom. The molecule has 0 radical (unpaired) electrons. The van der Waals surface area contributed by atoms with Crippen molar-refractivity contribution in [2.24, 2.45) is 0 Å². The Morgan fingerprint density at radius 2 is 2.14 bits per heavy atom. The summed E-state index contributed by atoms with van der Waals surface area (Å²) in [4.78, 5) is 17.7. The van der Waals surface area contributed by atoms with E-state index < -0.39 is 0 Å². The summed E-state index contributed by atoms with van der Waals surface area (Å²) >= 11 is 3.18. The fourth-order valence-electron chi connectivity index (χ4n) is 2.03. The number of nitrogens with one attached hydrogen (secondary N) is 1. The van der Waals surface area contributed by atoms with Gasteiger partial charge in [-0.2, -0.15) is 0 Å². The summed E-state index contributed by atoms with van der Waals surface area (Å²) in [5, 5.41) is 5.71. The Balaban J connectivity index is 1.64. The van der Waals surface area contributed by atoms with Gasteiger partial charge in [0.15, 0.2) is 5.13 Å². The summed E-state index contributed by atoms with van der Waals surface area (Å²) < 4.78 is 1.94. The van der Waals surface area contributed by atoms with Gasteiger partial charge in [0.2, 0.25) is 5.91 Å². The molecule has 1 amide bonds. The largest absolute Gasteiger partial charge is 0.326 e. The zero-order chi connectivity index (χ0) is 15.4. The van der Waals surface area contributed by atoms with Gasteiger partial charge in [0.05, 0.1) is 12.1 Å². The minimum atomic E-state index is -0.0531. The van der Waals surface area contributed by atoms with E-state index in [0.29, 0.717) is 0 Å². The number of hydrogen-bond donors (Lipinski definition) is 1. The highest BCUT2D eigenvalue weighted by atomic mass is 32.2. The third kappa shape index (κ3) is 3.58. The van der Waals surface area contributed by atoms with Crippen LogP contribution in [-0.4, -0.2) is 21.7 Å². The number of carbonyl (C=O) groups excluding carboxylic acids is 1. The van der Waals surface area contributed by atoms with Crippen LogP contribution in [0.4, 0.5) is 5.69 Å². The van der Waals surface area contributed by atoms with Crippen molar-refractivity contribution in [3.63, 3.8) is 0 Å². The van der Waals surface area contributed by atoms with Crippen molar-refractivity contribution < 1.29 is 4.79 Å². The quantitative estimate of drug-likeness (QED) is 0.724. The molecule has 0 spiro atoms. The summed E-state index contributed by atoms with van der Waals surface area (Å²) in [6.07, 6.45) is 6.17. The first-order chi connectivity index (χ1) is 10.7. The number of amides is 1. The number of anilines is 1. The summed E-state index contributed by atoms with van der Waals surface area (Å²) in [5.41, 5.74) is 1.60. The van der Waals surface area contributed by atoms with Crippen LogP contribution in [0, 0.1) is 0 Å². The number of rotatable bonds is 5. The molecule has 0 aliphatic heterocycles. The van der Waals surface area contributed by atoms with E-state index in [-0.39, 0.29) is 12.3 Å². The van der Waals surface area contributed by atoms with Gasteiger partial charge in [0.25, 0.3) is 0 Å². The van der Waals surface area contributed by atoms with E-state index in [1.807, 2.05) is 65.0 Å². The molecule has 0 fully saturated rings. The average molecular weight is 329 g/mol. The van der Waals surface area contributed by atoms with E-state index in [1.165, 1.54) is 11.3 Å². The smallest absolute Gasteiger partial charge is 0.230 e. The molecule has 112 valence electrons. The summed E-state index contributed by atoms with van der Waals surface area (Å²) in [6, 6.07) is 11.7. The van der Waals surface area contributed by atoms with Crippen LogP contribution in [-0.2, 0) is 11.2 Å². The number of nitrogens with zero attached hydrogens (tertiary/aromatic N) is 2. The first-order valence-electron chi connectivity index (χ1n) is 6.76. The van der Waals surface area contributed by atoms with Gasteiger partial charge in [-0.05, 0) is 36.6 Å². The van der Waals surface area contributed by atoms with Crippen LogP contribution in [0.15, 0.2) is 59.1 Å². The van der Waals surface area contributed by atoms with Gasteiger partial charge in [0.1, 0.15) is 0 Å². The predicted molar refractivity (Wildman–Crippen MR) is 92.0 cm³/mol. The Morgan fingerprint density at radius 3 is 2.91 bits per heavy atom. The summed E-state index contributed by atoms with van der Waals surface area (Å²) in [6.45, 7) is 0. The zero-order valence-corrected chi connectivity index (χ0v) is 13.7. The van der Waals surface area contributed by atoms with Gasteiger partial charge < -0.3 is 9.88 Å². The Bertz CT molecular complexity index is 765. The van der Waals surface area contributed by atoms with E-state index in [4.69, 9.17) is 0 Å². The second-order valence-corrected chi connectivity index (χ2v) is 6.38. The standard InChI is InChI=1S/C16H15N3OS2/c1-21-14-6-4-5-12(9-14)17-15(20)10-13-11-22-16(18-13)19-7-2-3-8-19/h2-9,11H,10H2,1H3,(H,17,20). The van der Waals surface area contributed by atoms with Crippen molar-refractivity contribution >= 4 is 34.7 Å². The predicted octanol–water partition coefficient (Wildman–Crippen LogP) is 3.84. The number of carbonyl (C=O) groups is 1. The number of thiazole rings is 1. The molecule has 1 aromatic carbocycles.